The van der Waals surface area contributed by atoms with Crippen molar-refractivity contribution in [3.63, 3.8) is 0 Å². The maximum atomic E-state index is 12.4. The molecule has 0 fully saturated rings. The molecule has 0 aromatic carbocycles. The number of carbonyl (C=O) groups excluding carboxylic acids is 2. The van der Waals surface area contributed by atoms with Gasteiger partial charge in [-0.3, -0.25) is 14.1 Å². The quantitative estimate of drug-likeness (QED) is 0.0164. The summed E-state index contributed by atoms with van der Waals surface area (Å²) in [5, 5.41) is 20.2. The van der Waals surface area contributed by atoms with Gasteiger partial charge in [-0.25, -0.2) is 4.57 Å². The molecule has 0 radical (unpaired) electrons. The van der Waals surface area contributed by atoms with E-state index in [1.807, 2.05) is 6.08 Å². The number of phosphoric ester groups is 1. The highest BCUT2D eigenvalue weighted by Gasteiger charge is 2.23. The van der Waals surface area contributed by atoms with Crippen molar-refractivity contribution in [2.24, 2.45) is 5.92 Å². The summed E-state index contributed by atoms with van der Waals surface area (Å²) in [5.74, 6) is -0.332. The van der Waals surface area contributed by atoms with Gasteiger partial charge in [-0.1, -0.05) is 153 Å². The van der Waals surface area contributed by atoms with Crippen molar-refractivity contribution < 1.29 is 48.2 Å². The maximum Gasteiger partial charge on any atom is 0.469 e. The molecule has 0 unspecified atom stereocenters. The lowest BCUT2D eigenvalue weighted by Gasteiger charge is -2.18. The molecule has 0 rings (SSSR count). The zero-order valence-electron chi connectivity index (χ0n) is 31.9. The molecule has 0 heterocycles. The van der Waals surface area contributed by atoms with Gasteiger partial charge in [0.1, 0.15) is 6.61 Å². The number of aliphatic hydroxyl groups is 2. The lowest BCUT2D eigenvalue weighted by atomic mass is 10.0. The molecule has 3 atom stereocenters. The molecule has 296 valence electrons. The maximum absolute atomic E-state index is 12.4. The lowest BCUT2D eigenvalue weighted by molar-refractivity contribution is -0.161. The Kier molecular flexibility index (Phi) is 32.4. The van der Waals surface area contributed by atoms with Gasteiger partial charge in [-0.15, -0.1) is 0 Å². The van der Waals surface area contributed by atoms with Crippen molar-refractivity contribution in [1.82, 2.24) is 0 Å². The molecule has 0 saturated heterocycles. The van der Waals surface area contributed by atoms with Gasteiger partial charge in [-0.05, 0) is 44.4 Å². The number of unbranched alkanes of at least 4 members (excludes halogenated alkanes) is 13. The molecule has 11 heteroatoms. The van der Waals surface area contributed by atoms with Gasteiger partial charge in [0.25, 0.3) is 0 Å². The van der Waals surface area contributed by atoms with Crippen LogP contribution in [0.3, 0.4) is 0 Å². The predicted molar refractivity (Wildman–Crippen MR) is 205 cm³/mol. The predicted octanol–water partition coefficient (Wildman–Crippen LogP) is 9.37. The van der Waals surface area contributed by atoms with Crippen LogP contribution in [0.4, 0.5) is 0 Å². The number of esters is 2. The monoisotopic (exact) mass is 742 g/mol. The van der Waals surface area contributed by atoms with Gasteiger partial charge in [0.2, 0.25) is 0 Å². The van der Waals surface area contributed by atoms with E-state index < -0.39 is 44.7 Å². The SMILES string of the molecule is CCCCC/C=C\C[C@H](O)/C=C/C=C/C=C\[C@H](O)CCCC(=O)O[C@H](COC(=O)CCCCCCCCCCCCCC(C)C)COP(=O)(O)O. The molecule has 0 aliphatic heterocycles. The fourth-order valence-electron chi connectivity index (χ4n) is 5.22. The van der Waals surface area contributed by atoms with Crippen molar-refractivity contribution in [2.75, 3.05) is 13.2 Å². The zero-order valence-corrected chi connectivity index (χ0v) is 32.8. The first kappa shape index (κ1) is 48.9. The number of rotatable bonds is 34. The van der Waals surface area contributed by atoms with Crippen molar-refractivity contribution in [3.05, 3.63) is 48.6 Å². The van der Waals surface area contributed by atoms with E-state index in [2.05, 4.69) is 31.4 Å². The highest BCUT2D eigenvalue weighted by Crippen LogP contribution is 2.36. The standard InChI is InChI=1S/C40H71O10P/c1-4-5-6-7-16-21-27-36(41)28-22-18-19-23-29-37(42)30-25-32-40(44)50-38(34-49-51(45,46)47)33-48-39(43)31-24-17-14-12-10-8-9-11-13-15-20-26-35(2)3/h16,18-19,21-23,28-29,35-38,41-42H,4-15,17,20,24-27,30-34H2,1-3H3,(H2,45,46,47)/b19-18+,21-16-,28-22+,29-23-/t36-,37-,38+/m0/s1. The van der Waals surface area contributed by atoms with Crippen LogP contribution in [0, 0.1) is 5.92 Å². The summed E-state index contributed by atoms with van der Waals surface area (Å²) in [6.07, 6.45) is 31.8. The Morgan fingerprint density at radius 3 is 1.80 bits per heavy atom. The molecule has 0 aliphatic carbocycles. The molecule has 0 aliphatic rings. The fourth-order valence-corrected chi connectivity index (χ4v) is 5.58. The second kappa shape index (κ2) is 33.7. The summed E-state index contributed by atoms with van der Waals surface area (Å²) < 4.78 is 26.2. The van der Waals surface area contributed by atoms with Crippen molar-refractivity contribution >= 4 is 19.8 Å². The van der Waals surface area contributed by atoms with Crippen molar-refractivity contribution in [1.29, 1.82) is 0 Å². The highest BCUT2D eigenvalue weighted by atomic mass is 31.2. The minimum atomic E-state index is -4.82. The van der Waals surface area contributed by atoms with Crippen molar-refractivity contribution in [3.8, 4) is 0 Å². The second-order valence-electron chi connectivity index (χ2n) is 13.8. The minimum absolute atomic E-state index is 0.0485. The van der Waals surface area contributed by atoms with Crippen molar-refractivity contribution in [2.45, 2.75) is 174 Å². The molecular weight excluding hydrogens is 671 g/mol. The zero-order chi connectivity index (χ0) is 38.0. The largest absolute Gasteiger partial charge is 0.469 e. The van der Waals surface area contributed by atoms with Crippen LogP contribution in [-0.4, -0.2) is 63.5 Å². The van der Waals surface area contributed by atoms with Crippen LogP contribution < -0.4 is 0 Å². The molecule has 10 nitrogen and oxygen atoms in total. The van der Waals surface area contributed by atoms with E-state index in [0.717, 1.165) is 31.6 Å². The number of hydrogen-bond acceptors (Lipinski definition) is 8. The first-order valence-electron chi connectivity index (χ1n) is 19.5. The van der Waals surface area contributed by atoms with Crippen LogP contribution in [-0.2, 0) is 28.2 Å². The van der Waals surface area contributed by atoms with Gasteiger partial charge in [0.05, 0.1) is 18.8 Å². The Hall–Kier alpha value is -2.07. The van der Waals surface area contributed by atoms with E-state index in [1.54, 1.807) is 36.5 Å². The molecule has 0 saturated carbocycles. The summed E-state index contributed by atoms with van der Waals surface area (Å²) >= 11 is 0. The first-order valence-corrected chi connectivity index (χ1v) is 21.0. The molecule has 0 aromatic heterocycles. The Morgan fingerprint density at radius 1 is 0.647 bits per heavy atom. The number of ether oxygens (including phenoxy) is 2. The lowest BCUT2D eigenvalue weighted by Crippen LogP contribution is -2.29. The van der Waals surface area contributed by atoms with E-state index in [0.29, 0.717) is 19.3 Å². The Bertz CT molecular complexity index is 1020. The molecule has 4 N–H and O–H groups in total. The normalized spacial score (nSPS) is 14.4. The van der Waals surface area contributed by atoms with E-state index in [1.165, 1.54) is 70.6 Å². The Labute approximate surface area is 309 Å². The van der Waals surface area contributed by atoms with Crippen LogP contribution in [0.25, 0.3) is 0 Å². The van der Waals surface area contributed by atoms with Gasteiger partial charge >= 0.3 is 19.8 Å². The van der Waals surface area contributed by atoms with Crippen LogP contribution in [0.5, 0.6) is 0 Å². The number of aliphatic hydroxyl groups excluding tert-OH is 2. The Morgan fingerprint density at radius 2 is 1.22 bits per heavy atom. The third kappa shape index (κ3) is 37.5. The van der Waals surface area contributed by atoms with E-state index in [9.17, 15) is 24.4 Å². The van der Waals surface area contributed by atoms with Crippen LogP contribution in [0.1, 0.15) is 156 Å². The molecule has 0 aromatic rings. The smallest absolute Gasteiger partial charge is 0.462 e. The molecule has 0 bridgehead atoms. The fraction of sp³-hybridized carbons (Fsp3) is 0.750. The second-order valence-corrected chi connectivity index (χ2v) is 15.0. The summed E-state index contributed by atoms with van der Waals surface area (Å²) in [6.45, 7) is 5.72. The van der Waals surface area contributed by atoms with Crippen LogP contribution in [0.2, 0.25) is 0 Å². The average molecular weight is 743 g/mol. The third-order valence-corrected chi connectivity index (χ3v) is 8.70. The van der Waals surface area contributed by atoms with Gasteiger partial charge in [0.15, 0.2) is 6.10 Å². The minimum Gasteiger partial charge on any atom is -0.462 e. The van der Waals surface area contributed by atoms with Crippen LogP contribution in [0.15, 0.2) is 48.6 Å². The number of phosphoric acid groups is 1. The Balaban J connectivity index is 4.25. The van der Waals surface area contributed by atoms with E-state index >= 15 is 0 Å². The summed E-state index contributed by atoms with van der Waals surface area (Å²) in [5.41, 5.74) is 0. The summed E-state index contributed by atoms with van der Waals surface area (Å²) in [6, 6.07) is 0. The number of hydrogen-bond donors (Lipinski definition) is 4. The van der Waals surface area contributed by atoms with E-state index in [4.69, 9.17) is 19.3 Å². The number of allylic oxidation sites excluding steroid dienone is 5. The van der Waals surface area contributed by atoms with Crippen LogP contribution >= 0.6 is 7.82 Å². The number of carbonyl (C=O) groups is 2. The topological polar surface area (TPSA) is 160 Å². The average Bonchev–Trinajstić information content (AvgIpc) is 3.07. The van der Waals surface area contributed by atoms with Gasteiger partial charge < -0.3 is 29.5 Å². The molecule has 0 spiro atoms. The summed E-state index contributed by atoms with van der Waals surface area (Å²) in [4.78, 5) is 42.7. The summed E-state index contributed by atoms with van der Waals surface area (Å²) in [7, 11) is -4.82. The van der Waals surface area contributed by atoms with Gasteiger partial charge in [0, 0.05) is 12.8 Å². The molecule has 0 amide bonds. The molecular formula is C40H71O10P. The first-order chi connectivity index (χ1) is 24.4. The van der Waals surface area contributed by atoms with E-state index in [-0.39, 0.29) is 25.9 Å². The third-order valence-electron chi connectivity index (χ3n) is 8.22. The molecule has 51 heavy (non-hydrogen) atoms. The van der Waals surface area contributed by atoms with Gasteiger partial charge in [-0.2, -0.15) is 0 Å². The highest BCUT2D eigenvalue weighted by molar-refractivity contribution is 7.46.